The maximum Gasteiger partial charge on any atom is 0.228 e. The first-order chi connectivity index (χ1) is 5.46. The van der Waals surface area contributed by atoms with E-state index in [1.165, 1.54) is 0 Å². The van der Waals surface area contributed by atoms with Gasteiger partial charge in [0.2, 0.25) is 34.0 Å². The van der Waals surface area contributed by atoms with Gasteiger partial charge in [0.05, 0.1) is 0 Å². The molecule has 0 bridgehead atoms. The molecule has 0 fully saturated rings. The minimum atomic E-state index is -2.16. The van der Waals surface area contributed by atoms with E-state index in [4.69, 9.17) is 0 Å². The van der Waals surface area contributed by atoms with Crippen LogP contribution in [0.15, 0.2) is 4.90 Å². The van der Waals surface area contributed by atoms with Crippen LogP contribution in [-0.2, 0) is 12.6 Å². The molecule has 0 saturated carbocycles. The van der Waals surface area contributed by atoms with Crippen molar-refractivity contribution >= 4 is 12.6 Å². The lowest BCUT2D eigenvalue weighted by Gasteiger charge is -1.97. The van der Waals surface area contributed by atoms with Crippen molar-refractivity contribution in [2.24, 2.45) is 0 Å². The Morgan fingerprint density at radius 2 is 0.833 bits per heavy atom. The van der Waals surface area contributed by atoms with Crippen LogP contribution < -0.4 is 0 Å². The third-order valence-electron chi connectivity index (χ3n) is 1.21. The molecule has 0 heterocycles. The van der Waals surface area contributed by atoms with Gasteiger partial charge in [0, 0.05) is 12.6 Å². The summed E-state index contributed by atoms with van der Waals surface area (Å²) in [6, 6.07) is 0. The van der Waals surface area contributed by atoms with Crippen molar-refractivity contribution in [1.29, 1.82) is 0 Å². The fraction of sp³-hybridized carbons (Fsp3) is 0. The average molecular weight is 201 g/mol. The van der Waals surface area contributed by atoms with Crippen molar-refractivity contribution in [3.8, 4) is 0 Å². The zero-order valence-electron chi connectivity index (χ0n) is 5.39. The Bertz CT molecular complexity index is 230. The summed E-state index contributed by atoms with van der Waals surface area (Å²) in [7, 11) is 0. The third kappa shape index (κ3) is 1.16. The minimum Gasteiger partial charge on any atom is -0.200 e. The summed E-state index contributed by atoms with van der Waals surface area (Å²) >= 11 is 2.27. The highest BCUT2D eigenvalue weighted by Gasteiger charge is 2.27. The summed E-state index contributed by atoms with van der Waals surface area (Å²) in [4.78, 5) is -1.06. The summed E-state index contributed by atoms with van der Waals surface area (Å²) in [5.74, 6) is -9.82. The van der Waals surface area contributed by atoms with Gasteiger partial charge >= 0.3 is 0 Å². The lowest BCUT2D eigenvalue weighted by atomic mass is 10.3. The molecule has 0 radical (unpaired) electrons. The highest BCUT2D eigenvalue weighted by atomic mass is 32.1. The molecule has 1 aromatic rings. The smallest absolute Gasteiger partial charge is 0.200 e. The average Bonchev–Trinajstić information content (AvgIpc) is 2.08. The maximum absolute atomic E-state index is 12.4. The van der Waals surface area contributed by atoms with Crippen molar-refractivity contribution < 1.29 is 22.0 Å². The van der Waals surface area contributed by atoms with E-state index in [0.717, 1.165) is 0 Å². The van der Waals surface area contributed by atoms with Crippen molar-refractivity contribution in [2.45, 2.75) is 4.90 Å². The van der Waals surface area contributed by atoms with Gasteiger partial charge in [-0.3, -0.25) is 0 Å². The van der Waals surface area contributed by atoms with E-state index >= 15 is 0 Å². The monoisotopic (exact) mass is 201 g/mol. The second-order valence-corrected chi connectivity index (χ2v) is 2.44. The second kappa shape index (κ2) is 2.93. The highest BCUT2D eigenvalue weighted by molar-refractivity contribution is 7.58. The van der Waals surface area contributed by atoms with Crippen LogP contribution >= 0.6 is 0 Å². The van der Waals surface area contributed by atoms with Crippen molar-refractivity contribution in [3.63, 3.8) is 0 Å². The summed E-state index contributed by atoms with van der Waals surface area (Å²) in [6.45, 7) is 0. The highest BCUT2D eigenvalue weighted by Crippen LogP contribution is 2.21. The maximum atomic E-state index is 12.4. The zero-order chi connectivity index (χ0) is 9.46. The molecule has 1 rings (SSSR count). The molecule has 0 aromatic heterocycles. The first kappa shape index (κ1) is 9.31. The second-order valence-electron chi connectivity index (χ2n) is 1.94. The Morgan fingerprint density at radius 1 is 0.583 bits per heavy atom. The molecule has 0 N–H and O–H groups in total. The van der Waals surface area contributed by atoms with Crippen LogP contribution in [-0.4, -0.2) is 0 Å². The predicted octanol–water partition coefficient (Wildman–Crippen LogP) is 1.75. The van der Waals surface area contributed by atoms with Crippen LogP contribution in [0.5, 0.6) is 0 Å². The molecule has 12 heavy (non-hydrogen) atoms. The summed E-state index contributed by atoms with van der Waals surface area (Å²) in [6.07, 6.45) is 0. The molecule has 0 aliphatic heterocycles. The molecule has 0 amide bonds. The van der Waals surface area contributed by atoms with E-state index < -0.39 is 34.0 Å². The van der Waals surface area contributed by atoms with E-state index in [-0.39, 0.29) is 0 Å². The topological polar surface area (TPSA) is 0 Å². The third-order valence-corrected chi connectivity index (χ3v) is 1.65. The number of hydrogen-bond acceptors (Lipinski definition) is 0. The van der Waals surface area contributed by atoms with Crippen LogP contribution in [0.2, 0.25) is 0 Å². The molecule has 0 nitrogen and oxygen atoms in total. The molecule has 6 heteroatoms. The molecular formula is C6H2F5S+. The van der Waals surface area contributed by atoms with Crippen LogP contribution in [0.3, 0.4) is 0 Å². The Kier molecular flexibility index (Phi) is 2.27. The molecule has 0 spiro atoms. The van der Waals surface area contributed by atoms with Gasteiger partial charge < -0.3 is 0 Å². The van der Waals surface area contributed by atoms with Crippen molar-refractivity contribution in [3.05, 3.63) is 29.1 Å². The predicted molar refractivity (Wildman–Crippen MR) is 34.7 cm³/mol. The number of benzene rings is 1. The lowest BCUT2D eigenvalue weighted by molar-refractivity contribution is 0.361. The fourth-order valence-electron chi connectivity index (χ4n) is 0.605. The van der Waals surface area contributed by atoms with Crippen LogP contribution in [0.25, 0.3) is 0 Å². The molecule has 0 atom stereocenters. The summed E-state index contributed by atoms with van der Waals surface area (Å²) < 4.78 is 61.4. The molecule has 0 saturated heterocycles. The standard InChI is InChI=1S/C6HF5S/c7-1-2(8)4(10)6(12)5(11)3(1)9/h12H/p+1. The quantitative estimate of drug-likeness (QED) is 0.259. The van der Waals surface area contributed by atoms with Gasteiger partial charge in [-0.15, -0.1) is 0 Å². The SMILES string of the molecule is Fc1c(F)c(F)c([SH2+])c(F)c1F. The Labute approximate surface area is 69.4 Å². The van der Waals surface area contributed by atoms with Gasteiger partial charge in [-0.2, -0.15) is 8.78 Å². The van der Waals surface area contributed by atoms with Crippen LogP contribution in [0, 0.1) is 29.1 Å². The Hall–Kier alpha value is -0.780. The van der Waals surface area contributed by atoms with E-state index in [1.807, 2.05) is 0 Å². The van der Waals surface area contributed by atoms with Crippen LogP contribution in [0.4, 0.5) is 22.0 Å². The molecule has 66 valence electrons. The van der Waals surface area contributed by atoms with Gasteiger partial charge in [0.15, 0.2) is 0 Å². The van der Waals surface area contributed by atoms with E-state index in [9.17, 15) is 22.0 Å². The Morgan fingerprint density at radius 3 is 1.17 bits per heavy atom. The Balaban J connectivity index is 3.60. The number of halogens is 5. The fourth-order valence-corrected chi connectivity index (χ4v) is 0.824. The lowest BCUT2D eigenvalue weighted by Crippen LogP contribution is -2.02. The zero-order valence-corrected chi connectivity index (χ0v) is 6.39. The minimum absolute atomic E-state index is 1.06. The van der Waals surface area contributed by atoms with Gasteiger partial charge in [-0.1, -0.05) is 0 Å². The van der Waals surface area contributed by atoms with Gasteiger partial charge in [0.25, 0.3) is 0 Å². The van der Waals surface area contributed by atoms with Crippen LogP contribution in [0.1, 0.15) is 0 Å². The van der Waals surface area contributed by atoms with Gasteiger partial charge in [-0.05, 0) is 0 Å². The van der Waals surface area contributed by atoms with E-state index in [1.54, 1.807) is 0 Å². The number of rotatable bonds is 0. The molecule has 0 aliphatic carbocycles. The van der Waals surface area contributed by atoms with Gasteiger partial charge in [-0.25, -0.2) is 13.2 Å². The summed E-state index contributed by atoms with van der Waals surface area (Å²) in [5, 5.41) is 0. The van der Waals surface area contributed by atoms with E-state index in [0.29, 0.717) is 0 Å². The molecule has 0 unspecified atom stereocenters. The first-order valence-electron chi connectivity index (χ1n) is 2.69. The molecular weight excluding hydrogens is 199 g/mol. The normalized spacial score (nSPS) is 10.5. The van der Waals surface area contributed by atoms with Crippen molar-refractivity contribution in [2.75, 3.05) is 0 Å². The summed E-state index contributed by atoms with van der Waals surface area (Å²) in [5.41, 5.74) is 0. The largest absolute Gasteiger partial charge is 0.228 e. The molecule has 0 aliphatic rings. The first-order valence-corrected chi connectivity index (χ1v) is 3.19. The van der Waals surface area contributed by atoms with Crippen molar-refractivity contribution in [1.82, 2.24) is 0 Å². The van der Waals surface area contributed by atoms with E-state index in [2.05, 4.69) is 12.6 Å². The number of hydrogen-bond donors (Lipinski definition) is 0. The van der Waals surface area contributed by atoms with Gasteiger partial charge in [0.1, 0.15) is 0 Å². The molecule has 1 aromatic carbocycles.